The monoisotopic (exact) mass is 413 g/mol. The standard InChI is InChI=1S/C23H31N3O4/c1-24-23(25-12-7-13-29-15-14-28-2)26-17-20-10-6-11-21(16-20)22(27)30-18-19-8-4-3-5-9-19/h3-6,8-11,16H,7,12-15,17-18H2,1-2H3,(H2,24,25,26). The van der Waals surface area contributed by atoms with Gasteiger partial charge in [0.1, 0.15) is 6.61 Å². The summed E-state index contributed by atoms with van der Waals surface area (Å²) in [4.78, 5) is 16.5. The summed E-state index contributed by atoms with van der Waals surface area (Å²) in [5, 5.41) is 6.49. The molecule has 0 aliphatic rings. The van der Waals surface area contributed by atoms with Crippen LogP contribution in [0.2, 0.25) is 0 Å². The van der Waals surface area contributed by atoms with Gasteiger partial charge >= 0.3 is 5.97 Å². The van der Waals surface area contributed by atoms with Gasteiger partial charge in [0.15, 0.2) is 5.96 Å². The number of hydrogen-bond donors (Lipinski definition) is 2. The van der Waals surface area contributed by atoms with Crippen LogP contribution < -0.4 is 10.6 Å². The minimum atomic E-state index is -0.336. The van der Waals surface area contributed by atoms with E-state index in [1.807, 2.05) is 48.5 Å². The number of benzene rings is 2. The van der Waals surface area contributed by atoms with Crippen LogP contribution in [0.15, 0.2) is 59.6 Å². The van der Waals surface area contributed by atoms with Gasteiger partial charge in [-0.05, 0) is 29.7 Å². The van der Waals surface area contributed by atoms with Crippen molar-refractivity contribution < 1.29 is 19.0 Å². The third-order valence-electron chi connectivity index (χ3n) is 4.25. The molecule has 0 heterocycles. The fourth-order valence-electron chi connectivity index (χ4n) is 2.65. The lowest BCUT2D eigenvalue weighted by Gasteiger charge is -2.12. The lowest BCUT2D eigenvalue weighted by Crippen LogP contribution is -2.37. The SMILES string of the molecule is CN=C(NCCCOCCOC)NCc1cccc(C(=O)OCc2ccccc2)c1. The number of aliphatic imine (C=N–C) groups is 1. The van der Waals surface area contributed by atoms with E-state index in [1.54, 1.807) is 20.2 Å². The minimum absolute atomic E-state index is 0.258. The van der Waals surface area contributed by atoms with E-state index in [1.165, 1.54) is 0 Å². The number of methoxy groups -OCH3 is 1. The number of carbonyl (C=O) groups excluding carboxylic acids is 1. The van der Waals surface area contributed by atoms with Crippen LogP contribution >= 0.6 is 0 Å². The van der Waals surface area contributed by atoms with Gasteiger partial charge in [0.2, 0.25) is 0 Å². The van der Waals surface area contributed by atoms with Gasteiger partial charge in [-0.1, -0.05) is 42.5 Å². The lowest BCUT2D eigenvalue weighted by atomic mass is 10.1. The number of carbonyl (C=O) groups is 1. The average molecular weight is 414 g/mol. The number of rotatable bonds is 12. The highest BCUT2D eigenvalue weighted by Gasteiger charge is 2.08. The molecule has 0 aliphatic carbocycles. The highest BCUT2D eigenvalue weighted by molar-refractivity contribution is 5.89. The molecule has 7 nitrogen and oxygen atoms in total. The number of nitrogens with one attached hydrogen (secondary N) is 2. The molecule has 0 saturated carbocycles. The number of esters is 1. The second-order valence-electron chi connectivity index (χ2n) is 6.57. The van der Waals surface area contributed by atoms with E-state index >= 15 is 0 Å². The zero-order chi connectivity index (χ0) is 21.4. The van der Waals surface area contributed by atoms with Crippen LogP contribution in [0.4, 0.5) is 0 Å². The quantitative estimate of drug-likeness (QED) is 0.241. The van der Waals surface area contributed by atoms with Crippen LogP contribution in [-0.2, 0) is 27.4 Å². The van der Waals surface area contributed by atoms with Crippen molar-refractivity contribution in [2.75, 3.05) is 40.5 Å². The zero-order valence-corrected chi connectivity index (χ0v) is 17.7. The van der Waals surface area contributed by atoms with Gasteiger partial charge in [-0.15, -0.1) is 0 Å². The zero-order valence-electron chi connectivity index (χ0n) is 17.7. The molecule has 2 rings (SSSR count). The molecule has 0 bridgehead atoms. The van der Waals surface area contributed by atoms with E-state index in [0.717, 1.165) is 24.1 Å². The van der Waals surface area contributed by atoms with Crippen molar-refractivity contribution in [3.63, 3.8) is 0 Å². The lowest BCUT2D eigenvalue weighted by molar-refractivity contribution is 0.0472. The van der Waals surface area contributed by atoms with Crippen molar-refractivity contribution in [1.82, 2.24) is 10.6 Å². The molecule has 0 unspecified atom stereocenters. The molecule has 0 aromatic heterocycles. The number of ether oxygens (including phenoxy) is 3. The van der Waals surface area contributed by atoms with Crippen molar-refractivity contribution in [2.45, 2.75) is 19.6 Å². The Morgan fingerprint density at radius 3 is 2.53 bits per heavy atom. The molecule has 2 aromatic carbocycles. The molecule has 0 spiro atoms. The smallest absolute Gasteiger partial charge is 0.338 e. The topological polar surface area (TPSA) is 81.2 Å². The largest absolute Gasteiger partial charge is 0.457 e. The third kappa shape index (κ3) is 9.07. The van der Waals surface area contributed by atoms with Crippen molar-refractivity contribution in [3.05, 3.63) is 71.3 Å². The summed E-state index contributed by atoms with van der Waals surface area (Å²) in [5.41, 5.74) is 2.46. The molecule has 7 heteroatoms. The van der Waals surface area contributed by atoms with E-state index < -0.39 is 0 Å². The second-order valence-corrected chi connectivity index (χ2v) is 6.57. The Labute approximate surface area is 178 Å². The van der Waals surface area contributed by atoms with Gasteiger partial charge in [0.25, 0.3) is 0 Å². The van der Waals surface area contributed by atoms with Gasteiger partial charge in [0, 0.05) is 33.9 Å². The minimum Gasteiger partial charge on any atom is -0.457 e. The van der Waals surface area contributed by atoms with Crippen LogP contribution in [-0.4, -0.2) is 52.5 Å². The van der Waals surface area contributed by atoms with Crippen molar-refractivity contribution >= 4 is 11.9 Å². The van der Waals surface area contributed by atoms with Crippen LogP contribution in [0.3, 0.4) is 0 Å². The Morgan fingerprint density at radius 2 is 1.77 bits per heavy atom. The first-order valence-corrected chi connectivity index (χ1v) is 10.0. The summed E-state index contributed by atoms with van der Waals surface area (Å²) >= 11 is 0. The fourth-order valence-corrected chi connectivity index (χ4v) is 2.65. The van der Waals surface area contributed by atoms with E-state index in [9.17, 15) is 4.79 Å². The maximum atomic E-state index is 12.3. The molecular weight excluding hydrogens is 382 g/mol. The average Bonchev–Trinajstić information content (AvgIpc) is 2.79. The summed E-state index contributed by atoms with van der Waals surface area (Å²) < 4.78 is 15.8. The molecule has 2 N–H and O–H groups in total. The summed E-state index contributed by atoms with van der Waals surface area (Å²) in [6, 6.07) is 17.0. The number of nitrogens with zero attached hydrogens (tertiary/aromatic N) is 1. The first kappa shape index (κ1) is 23.4. The fraction of sp³-hybridized carbons (Fsp3) is 0.391. The number of hydrogen-bond acceptors (Lipinski definition) is 5. The predicted molar refractivity (Wildman–Crippen MR) is 118 cm³/mol. The van der Waals surface area contributed by atoms with Crippen LogP contribution in [0.25, 0.3) is 0 Å². The molecule has 0 saturated heterocycles. The molecule has 0 fully saturated rings. The van der Waals surface area contributed by atoms with E-state index in [-0.39, 0.29) is 12.6 Å². The van der Waals surface area contributed by atoms with Crippen molar-refractivity contribution in [2.24, 2.45) is 4.99 Å². The first-order valence-electron chi connectivity index (χ1n) is 10.0. The Balaban J connectivity index is 1.73. The van der Waals surface area contributed by atoms with Gasteiger partial charge < -0.3 is 24.8 Å². The Morgan fingerprint density at radius 1 is 0.967 bits per heavy atom. The van der Waals surface area contributed by atoms with Gasteiger partial charge in [-0.25, -0.2) is 4.79 Å². The Hall–Kier alpha value is -2.90. The predicted octanol–water partition coefficient (Wildman–Crippen LogP) is 2.76. The number of guanidine groups is 1. The normalized spacial score (nSPS) is 11.2. The highest BCUT2D eigenvalue weighted by atomic mass is 16.5. The summed E-state index contributed by atoms with van der Waals surface area (Å²) in [6.07, 6.45) is 0.868. The maximum absolute atomic E-state index is 12.3. The van der Waals surface area contributed by atoms with E-state index in [0.29, 0.717) is 37.9 Å². The van der Waals surface area contributed by atoms with Gasteiger partial charge in [-0.2, -0.15) is 0 Å². The summed E-state index contributed by atoms with van der Waals surface area (Å²) in [6.45, 7) is 3.43. The van der Waals surface area contributed by atoms with Crippen LogP contribution in [0.5, 0.6) is 0 Å². The Bertz CT molecular complexity index is 781. The van der Waals surface area contributed by atoms with Crippen LogP contribution in [0, 0.1) is 0 Å². The summed E-state index contributed by atoms with van der Waals surface area (Å²) in [7, 11) is 3.38. The highest BCUT2D eigenvalue weighted by Crippen LogP contribution is 2.09. The molecule has 0 amide bonds. The van der Waals surface area contributed by atoms with E-state index in [4.69, 9.17) is 14.2 Å². The van der Waals surface area contributed by atoms with E-state index in [2.05, 4.69) is 15.6 Å². The molecular formula is C23H31N3O4. The Kier molecular flexibility index (Phi) is 11.0. The van der Waals surface area contributed by atoms with Gasteiger partial charge in [-0.3, -0.25) is 4.99 Å². The summed E-state index contributed by atoms with van der Waals surface area (Å²) in [5.74, 6) is 0.362. The van der Waals surface area contributed by atoms with Crippen molar-refractivity contribution in [1.29, 1.82) is 0 Å². The van der Waals surface area contributed by atoms with Gasteiger partial charge in [0.05, 0.1) is 18.8 Å². The van der Waals surface area contributed by atoms with Crippen LogP contribution in [0.1, 0.15) is 27.9 Å². The molecule has 0 atom stereocenters. The molecule has 2 aromatic rings. The maximum Gasteiger partial charge on any atom is 0.338 e. The van der Waals surface area contributed by atoms with Crippen molar-refractivity contribution in [3.8, 4) is 0 Å². The third-order valence-corrected chi connectivity index (χ3v) is 4.25. The first-order chi connectivity index (χ1) is 14.7. The molecule has 0 radical (unpaired) electrons. The molecule has 162 valence electrons. The molecule has 30 heavy (non-hydrogen) atoms. The second kappa shape index (κ2) is 14.1. The molecule has 0 aliphatic heterocycles.